The predicted molar refractivity (Wildman–Crippen MR) is 128 cm³/mol. The normalized spacial score (nSPS) is 19.0. The van der Waals surface area contributed by atoms with Gasteiger partial charge in [-0.3, -0.25) is 4.79 Å². The van der Waals surface area contributed by atoms with Crippen LogP contribution in [0.1, 0.15) is 62.0 Å². The molecule has 31 heavy (non-hydrogen) atoms. The SMILES string of the molecule is CCC(C(=O)O)c1ccc(-c2ccccc2)cc1.N[C@@H]1CCC[C@@H](c2ccccc2)C1. The van der Waals surface area contributed by atoms with E-state index in [-0.39, 0.29) is 0 Å². The summed E-state index contributed by atoms with van der Waals surface area (Å²) in [6.07, 6.45) is 5.60. The van der Waals surface area contributed by atoms with Crippen molar-refractivity contribution in [2.75, 3.05) is 0 Å². The number of hydrogen-bond acceptors (Lipinski definition) is 2. The van der Waals surface area contributed by atoms with Gasteiger partial charge in [0.15, 0.2) is 0 Å². The van der Waals surface area contributed by atoms with E-state index in [1.54, 1.807) is 0 Å². The van der Waals surface area contributed by atoms with Crippen LogP contribution in [0.25, 0.3) is 11.1 Å². The smallest absolute Gasteiger partial charge is 0.310 e. The van der Waals surface area contributed by atoms with E-state index in [1.165, 1.54) is 31.2 Å². The van der Waals surface area contributed by atoms with Crippen LogP contribution in [0.15, 0.2) is 84.9 Å². The number of carboxylic acid groups (broad SMARTS) is 1. The third kappa shape index (κ3) is 6.53. The number of rotatable bonds is 5. The first-order chi connectivity index (χ1) is 15.1. The minimum Gasteiger partial charge on any atom is -0.481 e. The van der Waals surface area contributed by atoms with Crippen LogP contribution in [0.2, 0.25) is 0 Å². The molecule has 3 heteroatoms. The summed E-state index contributed by atoms with van der Waals surface area (Å²) in [4.78, 5) is 11.1. The van der Waals surface area contributed by atoms with Crippen LogP contribution in [0.4, 0.5) is 0 Å². The molecule has 1 aliphatic rings. The number of carboxylic acids is 1. The van der Waals surface area contributed by atoms with Gasteiger partial charge in [-0.05, 0) is 53.9 Å². The fraction of sp³-hybridized carbons (Fsp3) is 0.321. The van der Waals surface area contributed by atoms with Crippen molar-refractivity contribution in [2.45, 2.75) is 56.9 Å². The third-order valence-electron chi connectivity index (χ3n) is 6.11. The molecule has 3 N–H and O–H groups in total. The van der Waals surface area contributed by atoms with Crippen LogP contribution in [-0.4, -0.2) is 17.1 Å². The molecule has 0 spiro atoms. The molecule has 0 bridgehead atoms. The van der Waals surface area contributed by atoms with Crippen LogP contribution in [0.5, 0.6) is 0 Å². The fourth-order valence-corrected chi connectivity index (χ4v) is 4.35. The molecule has 3 nitrogen and oxygen atoms in total. The molecule has 3 aromatic carbocycles. The monoisotopic (exact) mass is 415 g/mol. The molecule has 3 aromatic rings. The van der Waals surface area contributed by atoms with E-state index in [0.29, 0.717) is 18.4 Å². The number of hydrogen-bond donors (Lipinski definition) is 2. The molecule has 1 unspecified atom stereocenters. The Balaban J connectivity index is 0.000000185. The van der Waals surface area contributed by atoms with E-state index in [1.807, 2.05) is 61.5 Å². The molecule has 4 rings (SSSR count). The molecule has 3 atom stereocenters. The van der Waals surface area contributed by atoms with E-state index in [9.17, 15) is 4.79 Å². The second kappa shape index (κ2) is 11.5. The molecule has 0 aromatic heterocycles. The summed E-state index contributed by atoms with van der Waals surface area (Å²) < 4.78 is 0. The zero-order chi connectivity index (χ0) is 22.1. The Morgan fingerprint density at radius 3 is 2.03 bits per heavy atom. The lowest BCUT2D eigenvalue weighted by Crippen LogP contribution is -2.26. The fourth-order valence-electron chi connectivity index (χ4n) is 4.35. The van der Waals surface area contributed by atoms with Crippen molar-refractivity contribution in [3.63, 3.8) is 0 Å². The lowest BCUT2D eigenvalue weighted by molar-refractivity contribution is -0.138. The number of nitrogens with two attached hydrogens (primary N) is 1. The Hall–Kier alpha value is -2.91. The minimum atomic E-state index is -0.759. The third-order valence-corrected chi connectivity index (χ3v) is 6.11. The highest BCUT2D eigenvalue weighted by atomic mass is 16.4. The van der Waals surface area contributed by atoms with Gasteiger partial charge in [0.2, 0.25) is 0 Å². The Kier molecular flexibility index (Phi) is 8.43. The molecule has 1 saturated carbocycles. The maximum Gasteiger partial charge on any atom is 0.310 e. The first kappa shape index (κ1) is 22.8. The second-order valence-corrected chi connectivity index (χ2v) is 8.32. The molecule has 1 fully saturated rings. The van der Waals surface area contributed by atoms with E-state index in [0.717, 1.165) is 16.7 Å². The number of benzene rings is 3. The maximum atomic E-state index is 11.1. The summed E-state index contributed by atoms with van der Waals surface area (Å²) >= 11 is 0. The standard InChI is InChI=1S/C16H16O2.C12H17N/c1-2-15(16(17)18)14-10-8-13(9-11-14)12-6-4-3-5-7-12;13-12-8-4-7-11(9-12)10-5-2-1-3-6-10/h3-11,15H,2H2,1H3,(H,17,18);1-3,5-6,11-12H,4,7-9,13H2/t;11-,12-/m.1/s1. The van der Waals surface area contributed by atoms with Crippen LogP contribution in [0, 0.1) is 0 Å². The summed E-state index contributed by atoms with van der Waals surface area (Å²) in [5, 5.41) is 9.11. The van der Waals surface area contributed by atoms with Crippen molar-refractivity contribution >= 4 is 5.97 Å². The Morgan fingerprint density at radius 2 is 1.48 bits per heavy atom. The van der Waals surface area contributed by atoms with Gasteiger partial charge in [-0.15, -0.1) is 0 Å². The van der Waals surface area contributed by atoms with E-state index in [4.69, 9.17) is 10.8 Å². The summed E-state index contributed by atoms with van der Waals surface area (Å²) in [5.74, 6) is -0.454. The van der Waals surface area contributed by atoms with Gasteiger partial charge in [0.25, 0.3) is 0 Å². The van der Waals surface area contributed by atoms with Crippen LogP contribution < -0.4 is 5.73 Å². The summed E-state index contributed by atoms with van der Waals surface area (Å²) in [7, 11) is 0. The molecule has 0 aliphatic heterocycles. The molecule has 0 heterocycles. The highest BCUT2D eigenvalue weighted by Crippen LogP contribution is 2.31. The van der Waals surface area contributed by atoms with Gasteiger partial charge in [-0.1, -0.05) is 98.3 Å². The van der Waals surface area contributed by atoms with Gasteiger partial charge in [0.05, 0.1) is 5.92 Å². The van der Waals surface area contributed by atoms with Gasteiger partial charge in [-0.2, -0.15) is 0 Å². The highest BCUT2D eigenvalue weighted by molar-refractivity contribution is 5.76. The lowest BCUT2D eigenvalue weighted by atomic mass is 9.82. The molecule has 0 amide bonds. The lowest BCUT2D eigenvalue weighted by Gasteiger charge is -2.26. The number of carbonyl (C=O) groups is 1. The van der Waals surface area contributed by atoms with E-state index in [2.05, 4.69) is 30.3 Å². The van der Waals surface area contributed by atoms with Gasteiger partial charge in [0.1, 0.15) is 0 Å². The van der Waals surface area contributed by atoms with Crippen molar-refractivity contribution in [1.29, 1.82) is 0 Å². The Bertz CT molecular complexity index is 922. The average molecular weight is 416 g/mol. The van der Waals surface area contributed by atoms with Crippen LogP contribution >= 0.6 is 0 Å². The molecular formula is C28H33NO2. The van der Waals surface area contributed by atoms with Gasteiger partial charge in [-0.25, -0.2) is 0 Å². The van der Waals surface area contributed by atoms with Crippen LogP contribution in [0.3, 0.4) is 0 Å². The zero-order valence-corrected chi connectivity index (χ0v) is 18.3. The Morgan fingerprint density at radius 1 is 0.903 bits per heavy atom. The summed E-state index contributed by atoms with van der Waals surface area (Å²) in [6, 6.07) is 29.0. The van der Waals surface area contributed by atoms with Crippen molar-refractivity contribution < 1.29 is 9.90 Å². The summed E-state index contributed by atoms with van der Waals surface area (Å²) in [5.41, 5.74) is 10.6. The van der Waals surface area contributed by atoms with Crippen LogP contribution in [-0.2, 0) is 4.79 Å². The molecular weight excluding hydrogens is 382 g/mol. The van der Waals surface area contributed by atoms with Gasteiger partial charge < -0.3 is 10.8 Å². The first-order valence-electron chi connectivity index (χ1n) is 11.3. The molecule has 162 valence electrons. The largest absolute Gasteiger partial charge is 0.481 e. The molecule has 0 saturated heterocycles. The average Bonchev–Trinajstić information content (AvgIpc) is 2.81. The van der Waals surface area contributed by atoms with E-state index < -0.39 is 11.9 Å². The topological polar surface area (TPSA) is 63.3 Å². The molecule has 1 aliphatic carbocycles. The van der Waals surface area contributed by atoms with Crippen molar-refractivity contribution in [3.8, 4) is 11.1 Å². The van der Waals surface area contributed by atoms with Crippen molar-refractivity contribution in [1.82, 2.24) is 0 Å². The van der Waals surface area contributed by atoms with Crippen molar-refractivity contribution in [2.24, 2.45) is 5.73 Å². The zero-order valence-electron chi connectivity index (χ0n) is 18.3. The quantitative estimate of drug-likeness (QED) is 0.493. The number of aliphatic carboxylic acids is 1. The first-order valence-corrected chi connectivity index (χ1v) is 11.3. The van der Waals surface area contributed by atoms with E-state index >= 15 is 0 Å². The molecule has 0 radical (unpaired) electrons. The minimum absolute atomic E-state index is 0.408. The van der Waals surface area contributed by atoms with Crippen molar-refractivity contribution in [3.05, 3.63) is 96.1 Å². The van der Waals surface area contributed by atoms with Gasteiger partial charge in [0, 0.05) is 6.04 Å². The predicted octanol–water partition coefficient (Wildman–Crippen LogP) is 6.60. The van der Waals surface area contributed by atoms with Gasteiger partial charge >= 0.3 is 5.97 Å². The summed E-state index contributed by atoms with van der Waals surface area (Å²) in [6.45, 7) is 1.89. The maximum absolute atomic E-state index is 11.1. The highest BCUT2D eigenvalue weighted by Gasteiger charge is 2.20. The second-order valence-electron chi connectivity index (χ2n) is 8.32. The Labute approximate surface area is 185 Å².